The van der Waals surface area contributed by atoms with E-state index in [-0.39, 0.29) is 5.41 Å². The normalized spacial score (nSPS) is 25.6. The number of nitrogens with zero attached hydrogens (tertiary/aromatic N) is 1. The molecule has 2 aliphatic rings. The van der Waals surface area contributed by atoms with Crippen LogP contribution in [0.1, 0.15) is 20.3 Å². The van der Waals surface area contributed by atoms with Crippen molar-refractivity contribution >= 4 is 11.9 Å². The van der Waals surface area contributed by atoms with Gasteiger partial charge in [-0.25, -0.2) is 0 Å². The fourth-order valence-electron chi connectivity index (χ4n) is 2.91. The summed E-state index contributed by atoms with van der Waals surface area (Å²) in [6, 6.07) is 10.0. The zero-order valence-electron chi connectivity index (χ0n) is 12.0. The Kier molecular flexibility index (Phi) is 3.31. The molecule has 0 bridgehead atoms. The van der Waals surface area contributed by atoms with Crippen molar-refractivity contribution in [1.82, 2.24) is 5.32 Å². The van der Waals surface area contributed by atoms with Crippen LogP contribution in [0.5, 0.6) is 0 Å². The summed E-state index contributed by atoms with van der Waals surface area (Å²) in [5, 5.41) is 3.55. The monoisotopic (exact) mass is 264 g/mol. The molecule has 0 saturated carbocycles. The molecule has 0 aromatic heterocycles. The lowest BCUT2D eigenvalue weighted by molar-refractivity contribution is 0.343. The Morgan fingerprint density at radius 2 is 2.05 bits per heavy atom. The molecular weight excluding hydrogens is 244 g/mol. The standard InChI is InChI=1S/C18H20N2/c1-18(2)15-10-6-7-11-16(15)20-17(18)12-13-19-14-8-4-3-5-9-14/h3-9,11-13,15,20H,10H2,1-2H3. The molecule has 1 aliphatic heterocycles. The maximum Gasteiger partial charge on any atom is 0.0629 e. The van der Waals surface area contributed by atoms with Crippen molar-refractivity contribution in [1.29, 1.82) is 0 Å². The number of fused-ring (bicyclic) bond motifs is 1. The van der Waals surface area contributed by atoms with E-state index in [1.165, 1.54) is 11.4 Å². The van der Waals surface area contributed by atoms with Gasteiger partial charge < -0.3 is 5.32 Å². The number of hydrogen-bond donors (Lipinski definition) is 1. The van der Waals surface area contributed by atoms with Crippen LogP contribution in [0.4, 0.5) is 5.69 Å². The Morgan fingerprint density at radius 1 is 1.25 bits per heavy atom. The predicted octanol–water partition coefficient (Wildman–Crippen LogP) is 4.36. The van der Waals surface area contributed by atoms with E-state index in [0.717, 1.165) is 12.1 Å². The minimum absolute atomic E-state index is 0.138. The van der Waals surface area contributed by atoms with Crippen LogP contribution in [0.25, 0.3) is 0 Å². The first-order valence-electron chi connectivity index (χ1n) is 7.11. The van der Waals surface area contributed by atoms with Crippen molar-refractivity contribution < 1.29 is 0 Å². The Labute approximate surface area is 120 Å². The van der Waals surface area contributed by atoms with E-state index >= 15 is 0 Å². The average Bonchev–Trinajstić information content (AvgIpc) is 2.72. The molecule has 1 heterocycles. The first kappa shape index (κ1) is 12.9. The topological polar surface area (TPSA) is 24.4 Å². The minimum Gasteiger partial charge on any atom is -0.361 e. The minimum atomic E-state index is 0.138. The number of hydrogen-bond acceptors (Lipinski definition) is 2. The summed E-state index contributed by atoms with van der Waals surface area (Å²) < 4.78 is 0. The molecule has 2 nitrogen and oxygen atoms in total. The van der Waals surface area contributed by atoms with Gasteiger partial charge in [-0.3, -0.25) is 4.99 Å². The highest BCUT2D eigenvalue weighted by Crippen LogP contribution is 2.46. The lowest BCUT2D eigenvalue weighted by atomic mass is 9.75. The summed E-state index contributed by atoms with van der Waals surface area (Å²) in [6.07, 6.45) is 11.7. The molecule has 1 unspecified atom stereocenters. The van der Waals surface area contributed by atoms with Gasteiger partial charge in [0.25, 0.3) is 0 Å². The smallest absolute Gasteiger partial charge is 0.0629 e. The predicted molar refractivity (Wildman–Crippen MR) is 84.9 cm³/mol. The van der Waals surface area contributed by atoms with Crippen LogP contribution in [0.15, 0.2) is 71.0 Å². The molecule has 1 aliphatic carbocycles. The number of allylic oxidation sites excluding steroid dienone is 6. The molecule has 3 rings (SSSR count). The van der Waals surface area contributed by atoms with E-state index < -0.39 is 0 Å². The number of rotatable bonds is 2. The van der Waals surface area contributed by atoms with E-state index in [4.69, 9.17) is 0 Å². The third-order valence-electron chi connectivity index (χ3n) is 4.22. The van der Waals surface area contributed by atoms with Crippen LogP contribution >= 0.6 is 0 Å². The van der Waals surface area contributed by atoms with Gasteiger partial charge in [-0.05, 0) is 30.7 Å². The second-order valence-corrected chi connectivity index (χ2v) is 5.88. The summed E-state index contributed by atoms with van der Waals surface area (Å²) in [5.41, 5.74) is 3.70. The highest BCUT2D eigenvalue weighted by molar-refractivity contribution is 5.76. The zero-order valence-corrected chi connectivity index (χ0v) is 12.0. The van der Waals surface area contributed by atoms with Gasteiger partial charge in [0.05, 0.1) is 5.69 Å². The summed E-state index contributed by atoms with van der Waals surface area (Å²) >= 11 is 0. The van der Waals surface area contributed by atoms with Crippen LogP contribution in [0.2, 0.25) is 0 Å². The van der Waals surface area contributed by atoms with Gasteiger partial charge in [-0.2, -0.15) is 0 Å². The molecular formula is C18H20N2. The van der Waals surface area contributed by atoms with Gasteiger partial charge in [0.2, 0.25) is 0 Å². The van der Waals surface area contributed by atoms with Gasteiger partial charge >= 0.3 is 0 Å². The number of para-hydroxylation sites is 1. The molecule has 1 aromatic rings. The molecule has 1 aromatic carbocycles. The van der Waals surface area contributed by atoms with Crippen molar-refractivity contribution in [3.63, 3.8) is 0 Å². The number of benzene rings is 1. The van der Waals surface area contributed by atoms with Gasteiger partial charge in [-0.15, -0.1) is 0 Å². The van der Waals surface area contributed by atoms with Crippen LogP contribution in [-0.2, 0) is 0 Å². The van der Waals surface area contributed by atoms with Crippen LogP contribution < -0.4 is 5.32 Å². The maximum atomic E-state index is 4.48. The lowest BCUT2D eigenvalue weighted by Gasteiger charge is -2.26. The molecule has 1 fully saturated rings. The van der Waals surface area contributed by atoms with Crippen molar-refractivity contribution in [2.45, 2.75) is 20.3 Å². The Balaban J connectivity index is 1.81. The molecule has 0 amide bonds. The second-order valence-electron chi connectivity index (χ2n) is 5.88. The zero-order chi connectivity index (χ0) is 14.0. The van der Waals surface area contributed by atoms with Crippen molar-refractivity contribution in [3.05, 3.63) is 66.0 Å². The fourth-order valence-corrected chi connectivity index (χ4v) is 2.91. The third kappa shape index (κ3) is 2.34. The summed E-state index contributed by atoms with van der Waals surface area (Å²) in [4.78, 5) is 4.48. The molecule has 102 valence electrons. The highest BCUT2D eigenvalue weighted by atomic mass is 15.0. The first-order valence-corrected chi connectivity index (χ1v) is 7.11. The van der Waals surface area contributed by atoms with Gasteiger partial charge in [0.1, 0.15) is 0 Å². The largest absolute Gasteiger partial charge is 0.361 e. The van der Waals surface area contributed by atoms with Crippen molar-refractivity contribution in [3.8, 4) is 0 Å². The summed E-state index contributed by atoms with van der Waals surface area (Å²) in [5.74, 6) is 0.559. The molecule has 0 radical (unpaired) electrons. The van der Waals surface area contributed by atoms with Gasteiger partial charge in [0, 0.05) is 28.9 Å². The first-order chi connectivity index (χ1) is 9.68. The molecule has 0 spiro atoms. The van der Waals surface area contributed by atoms with E-state index in [0.29, 0.717) is 5.92 Å². The Morgan fingerprint density at radius 3 is 2.80 bits per heavy atom. The maximum absolute atomic E-state index is 4.48. The quantitative estimate of drug-likeness (QED) is 0.788. The Bertz CT molecular complexity index is 604. The van der Waals surface area contributed by atoms with Crippen molar-refractivity contribution in [2.24, 2.45) is 16.3 Å². The molecule has 1 atom stereocenters. The highest BCUT2D eigenvalue weighted by Gasteiger charge is 2.41. The van der Waals surface area contributed by atoms with Gasteiger partial charge in [-0.1, -0.05) is 44.2 Å². The Hall–Kier alpha value is -2.09. The molecule has 1 N–H and O–H groups in total. The van der Waals surface area contributed by atoms with E-state index in [1.807, 2.05) is 36.5 Å². The average molecular weight is 264 g/mol. The van der Waals surface area contributed by atoms with Crippen molar-refractivity contribution in [2.75, 3.05) is 0 Å². The fraction of sp³-hybridized carbons (Fsp3) is 0.278. The second kappa shape index (κ2) is 5.12. The number of aliphatic imine (C=N–C) groups is 1. The van der Waals surface area contributed by atoms with E-state index in [1.54, 1.807) is 0 Å². The third-order valence-corrected chi connectivity index (χ3v) is 4.22. The SMILES string of the molecule is CC1(C)C(=CC=Nc2ccccc2)NC2=CC=CCC21. The lowest BCUT2D eigenvalue weighted by Crippen LogP contribution is -2.20. The van der Waals surface area contributed by atoms with E-state index in [9.17, 15) is 0 Å². The van der Waals surface area contributed by atoms with E-state index in [2.05, 4.69) is 48.5 Å². The molecule has 1 saturated heterocycles. The number of nitrogens with one attached hydrogen (secondary N) is 1. The van der Waals surface area contributed by atoms with Crippen LogP contribution in [0.3, 0.4) is 0 Å². The summed E-state index contributed by atoms with van der Waals surface area (Å²) in [7, 11) is 0. The van der Waals surface area contributed by atoms with Gasteiger partial charge in [0.15, 0.2) is 0 Å². The summed E-state index contributed by atoms with van der Waals surface area (Å²) in [6.45, 7) is 4.60. The van der Waals surface area contributed by atoms with Crippen LogP contribution in [0, 0.1) is 11.3 Å². The molecule has 2 heteroatoms. The molecule has 20 heavy (non-hydrogen) atoms. The van der Waals surface area contributed by atoms with Crippen LogP contribution in [-0.4, -0.2) is 6.21 Å².